The number of hydrogen-bond acceptors (Lipinski definition) is 1. The van der Waals surface area contributed by atoms with E-state index in [2.05, 4.69) is 0 Å². The normalized spacial score (nSPS) is 12.5. The van der Waals surface area contributed by atoms with Gasteiger partial charge in [0.2, 0.25) is 0 Å². The van der Waals surface area contributed by atoms with E-state index in [0.29, 0.717) is 12.1 Å². The molecule has 0 aliphatic heterocycles. The number of carboxylic acid groups (broad SMARTS) is 1. The summed E-state index contributed by atoms with van der Waals surface area (Å²) in [6.07, 6.45) is 0.0365. The van der Waals surface area contributed by atoms with Crippen LogP contribution in [0.3, 0.4) is 0 Å². The van der Waals surface area contributed by atoms with Gasteiger partial charge >= 0.3 is 5.97 Å². The summed E-state index contributed by atoms with van der Waals surface area (Å²) in [5, 5.41) is 8.72. The first-order valence-electron chi connectivity index (χ1n) is 4.34. The molecule has 0 saturated carbocycles. The van der Waals surface area contributed by atoms with Gasteiger partial charge < -0.3 is 5.11 Å². The molecule has 0 aromatic heterocycles. The van der Waals surface area contributed by atoms with Crippen LogP contribution >= 0.6 is 0 Å². The summed E-state index contributed by atoms with van der Waals surface area (Å²) in [5.41, 5.74) is -0.591. The predicted molar refractivity (Wildman–Crippen MR) is 47.0 cm³/mol. The van der Waals surface area contributed by atoms with Gasteiger partial charge in [0.25, 0.3) is 0 Å². The van der Waals surface area contributed by atoms with Crippen molar-refractivity contribution >= 4 is 5.97 Å². The number of hydrogen-bond donors (Lipinski definition) is 1. The van der Waals surface area contributed by atoms with E-state index in [-0.39, 0.29) is 6.42 Å². The third-order valence-electron chi connectivity index (χ3n) is 2.10. The zero-order valence-corrected chi connectivity index (χ0v) is 7.93. The van der Waals surface area contributed by atoms with E-state index < -0.39 is 34.9 Å². The van der Waals surface area contributed by atoms with Crippen LogP contribution in [0.5, 0.6) is 0 Å². The lowest BCUT2D eigenvalue weighted by molar-refractivity contribution is -0.139. The van der Waals surface area contributed by atoms with Gasteiger partial charge in [0.05, 0.1) is 5.92 Å². The molecule has 1 unspecified atom stereocenters. The molecular weight excluding hydrogens is 209 g/mol. The Labute approximate surface area is 84.3 Å². The van der Waals surface area contributed by atoms with Crippen molar-refractivity contribution in [2.75, 3.05) is 0 Å². The number of carbonyl (C=O) groups is 1. The minimum absolute atomic E-state index is 0.0365. The Hall–Kier alpha value is -1.52. The average Bonchev–Trinajstić information content (AvgIpc) is 2.09. The fourth-order valence-electron chi connectivity index (χ4n) is 1.39. The van der Waals surface area contributed by atoms with Gasteiger partial charge in [-0.05, 0) is 6.42 Å². The van der Waals surface area contributed by atoms with Gasteiger partial charge in [-0.2, -0.15) is 0 Å². The quantitative estimate of drug-likeness (QED) is 0.846. The lowest BCUT2D eigenvalue weighted by Crippen LogP contribution is -2.14. The van der Waals surface area contributed by atoms with Crippen molar-refractivity contribution in [2.24, 2.45) is 0 Å². The number of aliphatic carboxylic acids is 1. The van der Waals surface area contributed by atoms with E-state index in [1.807, 2.05) is 0 Å². The zero-order chi connectivity index (χ0) is 11.6. The SMILES string of the molecule is CCC(C(=O)O)c1c(F)cc(F)cc1F. The van der Waals surface area contributed by atoms with Crippen molar-refractivity contribution in [3.05, 3.63) is 35.1 Å². The third kappa shape index (κ3) is 2.29. The van der Waals surface area contributed by atoms with E-state index in [4.69, 9.17) is 5.11 Å². The molecule has 0 fully saturated rings. The Balaban J connectivity index is 3.29. The summed E-state index contributed by atoms with van der Waals surface area (Å²) < 4.78 is 38.9. The maximum absolute atomic E-state index is 13.2. The maximum Gasteiger partial charge on any atom is 0.311 e. The number of carboxylic acids is 1. The summed E-state index contributed by atoms with van der Waals surface area (Å²) in [5.74, 6) is -6.01. The van der Waals surface area contributed by atoms with Crippen molar-refractivity contribution in [1.29, 1.82) is 0 Å². The highest BCUT2D eigenvalue weighted by atomic mass is 19.1. The van der Waals surface area contributed by atoms with Crippen LogP contribution in [0.1, 0.15) is 24.8 Å². The summed E-state index contributed by atoms with van der Waals surface area (Å²) in [7, 11) is 0. The lowest BCUT2D eigenvalue weighted by Gasteiger charge is -2.12. The Bertz CT molecular complexity index is 367. The van der Waals surface area contributed by atoms with Crippen molar-refractivity contribution in [1.82, 2.24) is 0 Å². The maximum atomic E-state index is 13.2. The van der Waals surface area contributed by atoms with Crippen molar-refractivity contribution in [2.45, 2.75) is 19.3 Å². The molecule has 0 aliphatic rings. The molecule has 1 rings (SSSR count). The highest BCUT2D eigenvalue weighted by Gasteiger charge is 2.25. The van der Waals surface area contributed by atoms with Crippen LogP contribution in [-0.4, -0.2) is 11.1 Å². The Morgan fingerprint density at radius 2 is 1.80 bits per heavy atom. The van der Waals surface area contributed by atoms with Gasteiger partial charge in [0.15, 0.2) is 0 Å². The summed E-state index contributed by atoms with van der Waals surface area (Å²) >= 11 is 0. The van der Waals surface area contributed by atoms with Gasteiger partial charge in [0.1, 0.15) is 17.5 Å². The Morgan fingerprint density at radius 3 is 2.13 bits per heavy atom. The van der Waals surface area contributed by atoms with Crippen molar-refractivity contribution in [3.63, 3.8) is 0 Å². The molecule has 0 spiro atoms. The lowest BCUT2D eigenvalue weighted by atomic mass is 9.95. The highest BCUT2D eigenvalue weighted by Crippen LogP contribution is 2.26. The van der Waals surface area contributed by atoms with E-state index in [1.54, 1.807) is 0 Å². The number of benzene rings is 1. The van der Waals surface area contributed by atoms with Crippen LogP contribution in [0.2, 0.25) is 0 Å². The molecule has 2 nitrogen and oxygen atoms in total. The molecule has 0 amide bonds. The Kier molecular flexibility index (Phi) is 3.34. The van der Waals surface area contributed by atoms with Crippen LogP contribution in [0.4, 0.5) is 13.2 Å². The average molecular weight is 218 g/mol. The first-order valence-corrected chi connectivity index (χ1v) is 4.34. The first-order chi connectivity index (χ1) is 6.97. The van der Waals surface area contributed by atoms with Gasteiger partial charge in [-0.3, -0.25) is 4.79 Å². The fourth-order valence-corrected chi connectivity index (χ4v) is 1.39. The monoisotopic (exact) mass is 218 g/mol. The van der Waals surface area contributed by atoms with Crippen LogP contribution in [0.15, 0.2) is 12.1 Å². The fraction of sp³-hybridized carbons (Fsp3) is 0.300. The van der Waals surface area contributed by atoms with Crippen molar-refractivity contribution in [3.8, 4) is 0 Å². The zero-order valence-electron chi connectivity index (χ0n) is 7.93. The molecule has 1 aromatic carbocycles. The molecule has 15 heavy (non-hydrogen) atoms. The molecule has 1 aromatic rings. The minimum Gasteiger partial charge on any atom is -0.481 e. The second-order valence-electron chi connectivity index (χ2n) is 3.08. The first kappa shape index (κ1) is 11.6. The van der Waals surface area contributed by atoms with Crippen LogP contribution in [0.25, 0.3) is 0 Å². The standard InChI is InChI=1S/C10H9F3O2/c1-2-6(10(14)15)9-7(12)3-5(11)4-8(9)13/h3-4,6H,2H2,1H3,(H,14,15). The van der Waals surface area contributed by atoms with Gasteiger partial charge in [-0.1, -0.05) is 6.92 Å². The van der Waals surface area contributed by atoms with Crippen LogP contribution in [-0.2, 0) is 4.79 Å². The highest BCUT2D eigenvalue weighted by molar-refractivity contribution is 5.76. The summed E-state index contributed by atoms with van der Waals surface area (Å²) in [6, 6.07) is 0.952. The summed E-state index contributed by atoms with van der Waals surface area (Å²) in [6.45, 7) is 1.49. The molecule has 0 radical (unpaired) electrons. The second-order valence-corrected chi connectivity index (χ2v) is 3.08. The molecule has 82 valence electrons. The van der Waals surface area contributed by atoms with Crippen LogP contribution in [0, 0.1) is 17.5 Å². The van der Waals surface area contributed by atoms with Gasteiger partial charge in [0, 0.05) is 17.7 Å². The van der Waals surface area contributed by atoms with Gasteiger partial charge in [-0.15, -0.1) is 0 Å². The molecule has 5 heteroatoms. The Morgan fingerprint density at radius 1 is 1.33 bits per heavy atom. The predicted octanol–water partition coefficient (Wildman–Crippen LogP) is 2.68. The molecule has 1 atom stereocenters. The van der Waals surface area contributed by atoms with E-state index in [0.717, 1.165) is 0 Å². The largest absolute Gasteiger partial charge is 0.481 e. The molecular formula is C10H9F3O2. The van der Waals surface area contributed by atoms with Gasteiger partial charge in [-0.25, -0.2) is 13.2 Å². The van der Waals surface area contributed by atoms with E-state index >= 15 is 0 Å². The minimum atomic E-state index is -1.33. The second kappa shape index (κ2) is 4.33. The van der Waals surface area contributed by atoms with E-state index in [1.165, 1.54) is 6.92 Å². The number of rotatable bonds is 3. The molecule has 0 heterocycles. The molecule has 1 N–H and O–H groups in total. The number of halogens is 3. The van der Waals surface area contributed by atoms with Crippen molar-refractivity contribution < 1.29 is 23.1 Å². The smallest absolute Gasteiger partial charge is 0.311 e. The topological polar surface area (TPSA) is 37.3 Å². The molecule has 0 bridgehead atoms. The molecule has 0 aliphatic carbocycles. The molecule has 0 saturated heterocycles. The van der Waals surface area contributed by atoms with E-state index in [9.17, 15) is 18.0 Å². The third-order valence-corrected chi connectivity index (χ3v) is 2.10. The van der Waals surface area contributed by atoms with Crippen LogP contribution < -0.4 is 0 Å². The summed E-state index contributed by atoms with van der Waals surface area (Å²) in [4.78, 5) is 10.7.